The number of rotatable bonds is 2. The Morgan fingerprint density at radius 3 is 2.65 bits per heavy atom. The fourth-order valence-electron chi connectivity index (χ4n) is 2.02. The van der Waals surface area contributed by atoms with E-state index in [0.29, 0.717) is 25.5 Å². The van der Waals surface area contributed by atoms with Gasteiger partial charge in [-0.2, -0.15) is 0 Å². The molecule has 20 heavy (non-hydrogen) atoms. The standard InChI is InChI=1S/C12H20N6O2/c1-12(2,3)11-15-9(16-17-11)10(20)18-5-4-14-6-7(18)8(13)19/h7,14H,4-6H2,1-3H3,(H2,13,19)(H,15,16,17). The molecule has 1 saturated heterocycles. The van der Waals surface area contributed by atoms with Crippen molar-refractivity contribution in [2.24, 2.45) is 5.73 Å². The summed E-state index contributed by atoms with van der Waals surface area (Å²) in [5, 5.41) is 9.76. The summed E-state index contributed by atoms with van der Waals surface area (Å²) in [6.07, 6.45) is 0. The molecule has 1 fully saturated rings. The maximum atomic E-state index is 12.4. The van der Waals surface area contributed by atoms with Gasteiger partial charge in [-0.1, -0.05) is 20.8 Å². The Balaban J connectivity index is 2.21. The number of aromatic amines is 1. The minimum absolute atomic E-state index is 0.0723. The first-order valence-corrected chi connectivity index (χ1v) is 6.54. The lowest BCUT2D eigenvalue weighted by molar-refractivity contribution is -0.122. The lowest BCUT2D eigenvalue weighted by Gasteiger charge is -2.33. The van der Waals surface area contributed by atoms with Gasteiger partial charge in [0.2, 0.25) is 11.7 Å². The molecule has 2 rings (SSSR count). The number of nitrogens with zero attached hydrogens (tertiary/aromatic N) is 3. The van der Waals surface area contributed by atoms with E-state index in [9.17, 15) is 9.59 Å². The maximum Gasteiger partial charge on any atom is 0.294 e. The highest BCUT2D eigenvalue weighted by Crippen LogP contribution is 2.18. The van der Waals surface area contributed by atoms with Gasteiger partial charge in [-0.25, -0.2) is 4.98 Å². The van der Waals surface area contributed by atoms with Gasteiger partial charge in [0, 0.05) is 25.0 Å². The van der Waals surface area contributed by atoms with E-state index in [2.05, 4.69) is 20.5 Å². The molecule has 1 aliphatic heterocycles. The number of primary amides is 1. The Bertz CT molecular complexity index is 518. The van der Waals surface area contributed by atoms with Gasteiger partial charge in [0.25, 0.3) is 5.91 Å². The van der Waals surface area contributed by atoms with Crippen LogP contribution in [0.25, 0.3) is 0 Å². The SMILES string of the molecule is CC(C)(C)c1nc(C(=O)N2CCNCC2C(N)=O)n[nH]1. The lowest BCUT2D eigenvalue weighted by Crippen LogP contribution is -2.58. The first-order chi connectivity index (χ1) is 9.30. The van der Waals surface area contributed by atoms with E-state index in [0.717, 1.165) is 0 Å². The topological polar surface area (TPSA) is 117 Å². The van der Waals surface area contributed by atoms with E-state index in [4.69, 9.17) is 5.73 Å². The quantitative estimate of drug-likeness (QED) is 0.642. The molecule has 8 nitrogen and oxygen atoms in total. The highest BCUT2D eigenvalue weighted by Gasteiger charge is 2.33. The number of carbonyl (C=O) groups excluding carboxylic acids is 2. The number of nitrogens with one attached hydrogen (secondary N) is 2. The second kappa shape index (κ2) is 5.20. The number of nitrogens with two attached hydrogens (primary N) is 1. The van der Waals surface area contributed by atoms with Gasteiger partial charge in [-0.3, -0.25) is 14.7 Å². The minimum atomic E-state index is -0.659. The van der Waals surface area contributed by atoms with Crippen LogP contribution in [-0.4, -0.2) is 57.6 Å². The van der Waals surface area contributed by atoms with Crippen molar-refractivity contribution >= 4 is 11.8 Å². The molecule has 110 valence electrons. The highest BCUT2D eigenvalue weighted by atomic mass is 16.2. The number of hydrogen-bond acceptors (Lipinski definition) is 5. The third-order valence-electron chi connectivity index (χ3n) is 3.22. The molecule has 8 heteroatoms. The first kappa shape index (κ1) is 14.4. The average molecular weight is 280 g/mol. The lowest BCUT2D eigenvalue weighted by atomic mass is 9.96. The number of amides is 2. The zero-order valence-corrected chi connectivity index (χ0v) is 11.9. The second-order valence-electron chi connectivity index (χ2n) is 5.88. The zero-order chi connectivity index (χ0) is 14.9. The molecule has 0 aliphatic carbocycles. The van der Waals surface area contributed by atoms with Crippen molar-refractivity contribution in [1.82, 2.24) is 25.4 Å². The molecular formula is C12H20N6O2. The Morgan fingerprint density at radius 2 is 2.10 bits per heavy atom. The van der Waals surface area contributed by atoms with Crippen molar-refractivity contribution in [3.8, 4) is 0 Å². The van der Waals surface area contributed by atoms with Gasteiger partial charge < -0.3 is 16.0 Å². The fraction of sp³-hybridized carbons (Fsp3) is 0.667. The predicted molar refractivity (Wildman–Crippen MR) is 72.0 cm³/mol. The van der Waals surface area contributed by atoms with E-state index in [1.54, 1.807) is 0 Å². The molecule has 0 saturated carbocycles. The van der Waals surface area contributed by atoms with Crippen molar-refractivity contribution in [3.63, 3.8) is 0 Å². The summed E-state index contributed by atoms with van der Waals surface area (Å²) in [5.41, 5.74) is 5.10. The van der Waals surface area contributed by atoms with Crippen LogP contribution >= 0.6 is 0 Å². The molecule has 1 atom stereocenters. The molecule has 0 bridgehead atoms. The molecule has 4 N–H and O–H groups in total. The third kappa shape index (κ3) is 2.79. The molecule has 2 heterocycles. The molecule has 1 aromatic rings. The summed E-state index contributed by atoms with van der Waals surface area (Å²) in [5.74, 6) is -0.200. The summed E-state index contributed by atoms with van der Waals surface area (Å²) < 4.78 is 0. The Morgan fingerprint density at radius 1 is 1.40 bits per heavy atom. The van der Waals surface area contributed by atoms with Crippen LogP contribution in [0.1, 0.15) is 37.2 Å². The first-order valence-electron chi connectivity index (χ1n) is 6.54. The third-order valence-corrected chi connectivity index (χ3v) is 3.22. The van der Waals surface area contributed by atoms with Gasteiger partial charge >= 0.3 is 0 Å². The molecule has 0 spiro atoms. The Kier molecular flexibility index (Phi) is 3.76. The monoisotopic (exact) mass is 280 g/mol. The number of H-pyrrole nitrogens is 1. The zero-order valence-electron chi connectivity index (χ0n) is 11.9. The van der Waals surface area contributed by atoms with Gasteiger partial charge in [-0.15, -0.1) is 5.10 Å². The van der Waals surface area contributed by atoms with Gasteiger partial charge in [-0.05, 0) is 0 Å². The van der Waals surface area contributed by atoms with E-state index in [1.807, 2.05) is 20.8 Å². The van der Waals surface area contributed by atoms with Crippen molar-refractivity contribution in [1.29, 1.82) is 0 Å². The average Bonchev–Trinajstić information content (AvgIpc) is 2.87. The summed E-state index contributed by atoms with van der Waals surface area (Å²) in [4.78, 5) is 29.5. The molecule has 1 aromatic heterocycles. The van der Waals surface area contributed by atoms with Gasteiger partial charge in [0.1, 0.15) is 11.9 Å². The largest absolute Gasteiger partial charge is 0.368 e. The summed E-state index contributed by atoms with van der Waals surface area (Å²) in [6, 6.07) is -0.659. The van der Waals surface area contributed by atoms with Crippen LogP contribution in [0.4, 0.5) is 0 Å². The number of hydrogen-bond donors (Lipinski definition) is 3. The van der Waals surface area contributed by atoms with Crippen molar-refractivity contribution in [3.05, 3.63) is 11.6 Å². The van der Waals surface area contributed by atoms with E-state index < -0.39 is 11.9 Å². The van der Waals surface area contributed by atoms with Crippen molar-refractivity contribution < 1.29 is 9.59 Å². The normalized spacial score (nSPS) is 19.9. The smallest absolute Gasteiger partial charge is 0.294 e. The molecule has 1 aliphatic rings. The molecule has 1 unspecified atom stereocenters. The Labute approximate surface area is 117 Å². The van der Waals surface area contributed by atoms with Crippen LogP contribution in [-0.2, 0) is 10.2 Å². The number of piperazine rings is 1. The minimum Gasteiger partial charge on any atom is -0.368 e. The van der Waals surface area contributed by atoms with Crippen LogP contribution in [0.15, 0.2) is 0 Å². The molecule has 0 aromatic carbocycles. The predicted octanol–water partition coefficient (Wildman–Crippen LogP) is -0.998. The van der Waals surface area contributed by atoms with E-state index in [-0.39, 0.29) is 17.1 Å². The van der Waals surface area contributed by atoms with Crippen LogP contribution in [0.2, 0.25) is 0 Å². The van der Waals surface area contributed by atoms with Crippen LogP contribution in [0.5, 0.6) is 0 Å². The molecule has 0 radical (unpaired) electrons. The number of aromatic nitrogens is 3. The second-order valence-corrected chi connectivity index (χ2v) is 5.88. The maximum absolute atomic E-state index is 12.4. The highest BCUT2D eigenvalue weighted by molar-refractivity contribution is 5.94. The van der Waals surface area contributed by atoms with Gasteiger partial charge in [0.15, 0.2) is 0 Å². The van der Waals surface area contributed by atoms with Crippen LogP contribution < -0.4 is 11.1 Å². The number of carbonyl (C=O) groups is 2. The Hall–Kier alpha value is -1.96. The fourth-order valence-corrected chi connectivity index (χ4v) is 2.02. The summed E-state index contributed by atoms with van der Waals surface area (Å²) in [7, 11) is 0. The summed E-state index contributed by atoms with van der Waals surface area (Å²) >= 11 is 0. The van der Waals surface area contributed by atoms with Crippen LogP contribution in [0.3, 0.4) is 0 Å². The summed E-state index contributed by atoms with van der Waals surface area (Å²) in [6.45, 7) is 7.30. The van der Waals surface area contributed by atoms with Gasteiger partial charge in [0.05, 0.1) is 0 Å². The van der Waals surface area contributed by atoms with Crippen molar-refractivity contribution in [2.45, 2.75) is 32.2 Å². The van der Waals surface area contributed by atoms with E-state index in [1.165, 1.54) is 4.90 Å². The van der Waals surface area contributed by atoms with Crippen LogP contribution in [0, 0.1) is 0 Å². The van der Waals surface area contributed by atoms with Crippen molar-refractivity contribution in [2.75, 3.05) is 19.6 Å². The molecule has 2 amide bonds. The van der Waals surface area contributed by atoms with E-state index >= 15 is 0 Å². The molecular weight excluding hydrogens is 260 g/mol.